The molecule has 1 aliphatic rings. The summed E-state index contributed by atoms with van der Waals surface area (Å²) in [6, 6.07) is 9.16. The van der Waals surface area contributed by atoms with Gasteiger partial charge in [0, 0.05) is 0 Å². The van der Waals surface area contributed by atoms with E-state index in [9.17, 15) is 4.79 Å². The summed E-state index contributed by atoms with van der Waals surface area (Å²) in [5.41, 5.74) is 1.21. The summed E-state index contributed by atoms with van der Waals surface area (Å²) in [4.78, 5) is 17.9. The van der Waals surface area contributed by atoms with Gasteiger partial charge in [-0.05, 0) is 0 Å². The Hall–Kier alpha value is -1.10. The molecule has 3 nitrogen and oxygen atoms in total. The van der Waals surface area contributed by atoms with Crippen LogP contribution in [0.2, 0.25) is 13.3 Å². The van der Waals surface area contributed by atoms with Gasteiger partial charge in [0.05, 0.1) is 0 Å². The van der Waals surface area contributed by atoms with Crippen LogP contribution in [0, 0.1) is 11.3 Å². The summed E-state index contributed by atoms with van der Waals surface area (Å²) in [5.74, 6) is 0.378. The molecule has 0 amide bonds. The van der Waals surface area contributed by atoms with Gasteiger partial charge in [-0.1, -0.05) is 0 Å². The number of unbranched alkanes of at least 4 members (excludes halogenated alkanes) is 3. The third-order valence-electron chi connectivity index (χ3n) is 8.41. The molecule has 0 heterocycles. The van der Waals surface area contributed by atoms with Crippen LogP contribution in [0.4, 0.5) is 0 Å². The van der Waals surface area contributed by atoms with Crippen LogP contribution in [0.1, 0.15) is 123 Å². The Labute approximate surface area is 226 Å². The molecule has 1 aromatic carbocycles. The summed E-state index contributed by atoms with van der Waals surface area (Å²) in [6.45, 7) is 13.7. The molecule has 2 rings (SSSR count). The number of carbonyl (C=O) groups excluding carboxylic acids is 1. The number of hydrogen-bond donors (Lipinski definition) is 0. The molecule has 1 aliphatic carbocycles. The van der Waals surface area contributed by atoms with E-state index in [1.54, 1.807) is 12.1 Å². The van der Waals surface area contributed by atoms with E-state index >= 15 is 0 Å². The van der Waals surface area contributed by atoms with Crippen LogP contribution in [-0.2, 0) is 4.84 Å². The Bertz CT molecular complexity index is 815. The number of hydrogen-bond acceptors (Lipinski definition) is 3. The first-order valence-electron chi connectivity index (χ1n) is 14.8. The van der Waals surface area contributed by atoms with Crippen molar-refractivity contribution in [3.05, 3.63) is 45.6 Å². The second kappa shape index (κ2) is 16.0. The van der Waals surface area contributed by atoms with Crippen LogP contribution < -0.4 is 0 Å². The SMILES string of the molecule is CCC[CH2][Sn]([CH2]CCC)([CH2]CCC)/[C](=C/C(C)(C)/C(C)=N/OC(=O)c1ccccc1)C1CCCCC1. The maximum atomic E-state index is 12.5. The summed E-state index contributed by atoms with van der Waals surface area (Å²) in [6.07, 6.45) is 17.6. The Morgan fingerprint density at radius 2 is 1.47 bits per heavy atom. The van der Waals surface area contributed by atoms with Crippen molar-refractivity contribution < 1.29 is 9.63 Å². The van der Waals surface area contributed by atoms with Crippen LogP contribution in [0.15, 0.2) is 45.2 Å². The van der Waals surface area contributed by atoms with Crippen molar-refractivity contribution in [1.82, 2.24) is 0 Å². The van der Waals surface area contributed by atoms with E-state index in [0.29, 0.717) is 5.56 Å². The fourth-order valence-electron chi connectivity index (χ4n) is 5.82. The van der Waals surface area contributed by atoms with Gasteiger partial charge in [0.15, 0.2) is 0 Å². The van der Waals surface area contributed by atoms with Gasteiger partial charge in [-0.2, -0.15) is 0 Å². The normalized spacial score (nSPS) is 16.3. The average Bonchev–Trinajstić information content (AvgIpc) is 2.91. The topological polar surface area (TPSA) is 38.7 Å². The monoisotopic (exact) mass is 603 g/mol. The fourth-order valence-corrected chi connectivity index (χ4v) is 24.5. The van der Waals surface area contributed by atoms with Gasteiger partial charge in [-0.3, -0.25) is 0 Å². The van der Waals surface area contributed by atoms with Crippen LogP contribution in [0.5, 0.6) is 0 Å². The van der Waals surface area contributed by atoms with Gasteiger partial charge in [0.2, 0.25) is 0 Å². The van der Waals surface area contributed by atoms with E-state index in [1.807, 2.05) is 28.7 Å². The zero-order chi connectivity index (χ0) is 26.4. The zero-order valence-electron chi connectivity index (χ0n) is 24.2. The Balaban J connectivity index is 2.46. The van der Waals surface area contributed by atoms with Crippen molar-refractivity contribution >= 4 is 30.1 Å². The summed E-state index contributed by atoms with van der Waals surface area (Å²) >= 11 is -2.61. The molecule has 0 atom stereocenters. The van der Waals surface area contributed by atoms with Gasteiger partial charge < -0.3 is 0 Å². The van der Waals surface area contributed by atoms with Gasteiger partial charge in [0.25, 0.3) is 0 Å². The molecule has 0 N–H and O–H groups in total. The van der Waals surface area contributed by atoms with E-state index < -0.39 is 18.4 Å². The Morgan fingerprint density at radius 1 is 0.944 bits per heavy atom. The van der Waals surface area contributed by atoms with Crippen molar-refractivity contribution in [2.75, 3.05) is 0 Å². The number of nitrogens with zero attached hydrogens (tertiary/aromatic N) is 1. The predicted octanol–water partition coefficient (Wildman–Crippen LogP) is 10.1. The first-order chi connectivity index (χ1) is 17.3. The third kappa shape index (κ3) is 9.33. The van der Waals surface area contributed by atoms with E-state index in [2.05, 4.69) is 45.9 Å². The van der Waals surface area contributed by atoms with E-state index in [4.69, 9.17) is 4.84 Å². The average molecular weight is 602 g/mol. The van der Waals surface area contributed by atoms with Crippen molar-refractivity contribution in [3.8, 4) is 0 Å². The van der Waals surface area contributed by atoms with Gasteiger partial charge >= 0.3 is 227 Å². The fraction of sp³-hybridized carbons (Fsp3) is 0.688. The minimum atomic E-state index is -2.61. The second-order valence-electron chi connectivity index (χ2n) is 11.7. The molecule has 4 heteroatoms. The molecule has 1 aromatic rings. The van der Waals surface area contributed by atoms with Crippen molar-refractivity contribution in [2.45, 2.75) is 125 Å². The van der Waals surface area contributed by atoms with Gasteiger partial charge in [-0.15, -0.1) is 0 Å². The third-order valence-corrected chi connectivity index (χ3v) is 24.7. The van der Waals surface area contributed by atoms with E-state index in [-0.39, 0.29) is 11.4 Å². The quantitative estimate of drug-likeness (QED) is 0.0868. The molecule has 36 heavy (non-hydrogen) atoms. The molecule has 0 aromatic heterocycles. The molecule has 0 unspecified atom stereocenters. The number of oxime groups is 1. The van der Waals surface area contributed by atoms with Crippen LogP contribution >= 0.6 is 0 Å². The molecule has 0 spiro atoms. The van der Waals surface area contributed by atoms with Crippen LogP contribution in [0.25, 0.3) is 0 Å². The molecule has 0 aliphatic heterocycles. The molecular formula is C32H53NO2Sn. The zero-order valence-corrected chi connectivity index (χ0v) is 27.1. The molecule has 0 saturated heterocycles. The first-order valence-corrected chi connectivity index (χ1v) is 22.3. The number of allylic oxidation sites excluding steroid dienone is 2. The predicted molar refractivity (Wildman–Crippen MR) is 158 cm³/mol. The number of benzene rings is 1. The number of rotatable bonds is 15. The molecule has 1 fully saturated rings. The Kier molecular flexibility index (Phi) is 13.8. The van der Waals surface area contributed by atoms with Crippen molar-refractivity contribution in [2.24, 2.45) is 16.5 Å². The van der Waals surface area contributed by atoms with E-state index in [1.165, 1.54) is 83.9 Å². The van der Waals surface area contributed by atoms with Gasteiger partial charge in [0.1, 0.15) is 0 Å². The molecule has 202 valence electrons. The first kappa shape index (κ1) is 31.1. The van der Waals surface area contributed by atoms with Crippen LogP contribution in [0.3, 0.4) is 0 Å². The molecule has 1 saturated carbocycles. The maximum absolute atomic E-state index is 12.5. The van der Waals surface area contributed by atoms with Crippen LogP contribution in [-0.4, -0.2) is 30.1 Å². The summed E-state index contributed by atoms with van der Waals surface area (Å²) in [7, 11) is 0. The minimum absolute atomic E-state index is 0.226. The molecular weight excluding hydrogens is 549 g/mol. The summed E-state index contributed by atoms with van der Waals surface area (Å²) in [5, 5.41) is 4.38. The van der Waals surface area contributed by atoms with Crippen molar-refractivity contribution in [1.29, 1.82) is 0 Å². The Morgan fingerprint density at radius 3 is 1.97 bits per heavy atom. The molecule has 0 radical (unpaired) electrons. The van der Waals surface area contributed by atoms with Crippen molar-refractivity contribution in [3.63, 3.8) is 0 Å². The molecule has 0 bridgehead atoms. The second-order valence-corrected chi connectivity index (χ2v) is 24.9. The standard InChI is InChI=1S/C20H26NO2.3C4H9.Sn/c1-16(21-23-19(22)18-12-8-5-9-13-18)20(2,3)15-14-17-10-6-4-7-11-17;3*1-3-4-2;/h5,8-9,12-13,15,17H,4,6-7,10-11H2,1-3H3;3*1,3-4H2,2H3;/b15-14?,21-16+;;;;. The van der Waals surface area contributed by atoms with Gasteiger partial charge in [-0.25, -0.2) is 0 Å². The summed E-state index contributed by atoms with van der Waals surface area (Å²) < 4.78 is 6.42. The number of carbonyl (C=O) groups is 1. The van der Waals surface area contributed by atoms with E-state index in [0.717, 1.165) is 11.6 Å².